The Balaban J connectivity index is 2.00. The molecule has 0 radical (unpaired) electrons. The third-order valence-electron chi connectivity index (χ3n) is 3.74. The third-order valence-corrected chi connectivity index (χ3v) is 5.45. The average molecular weight is 363 g/mol. The maximum atomic E-state index is 12.9. The van der Waals surface area contributed by atoms with E-state index >= 15 is 0 Å². The zero-order valence-corrected chi connectivity index (χ0v) is 14.5. The van der Waals surface area contributed by atoms with Gasteiger partial charge >= 0.3 is 0 Å². The summed E-state index contributed by atoms with van der Waals surface area (Å²) in [5.74, 6) is 0. The van der Waals surface area contributed by atoms with Gasteiger partial charge in [0, 0.05) is 11.6 Å². The molecular weight excluding hydrogens is 350 g/mol. The van der Waals surface area contributed by atoms with Crippen LogP contribution in [0.3, 0.4) is 0 Å². The summed E-state index contributed by atoms with van der Waals surface area (Å²) in [4.78, 5) is 0.208. The zero-order valence-electron chi connectivity index (χ0n) is 13.7. The topological polar surface area (TPSA) is 111 Å². The first-order valence-corrected chi connectivity index (χ1v) is 8.97. The standard InChI is InChI=1S/C18H13N5O2S/c1-13-2-5-17(6-3-13)26(24,25)23-9-8-14-10-15(4-7-18(14)23)21-22-16(11-19)12-20/h2-10,21H,1H3. The van der Waals surface area contributed by atoms with Gasteiger partial charge in [0.25, 0.3) is 10.0 Å². The van der Waals surface area contributed by atoms with Crippen LogP contribution in [0.15, 0.2) is 64.7 Å². The van der Waals surface area contributed by atoms with Crippen molar-refractivity contribution in [3.8, 4) is 12.1 Å². The van der Waals surface area contributed by atoms with Crippen molar-refractivity contribution in [3.05, 3.63) is 60.3 Å². The molecule has 3 rings (SSSR count). The number of aryl methyl sites for hydroxylation is 1. The second kappa shape index (κ2) is 6.71. The summed E-state index contributed by atoms with van der Waals surface area (Å²) in [5.41, 5.74) is 4.33. The number of hydrazone groups is 1. The summed E-state index contributed by atoms with van der Waals surface area (Å²) in [6.45, 7) is 1.89. The SMILES string of the molecule is Cc1ccc(S(=O)(=O)n2ccc3cc(NN=C(C#N)C#N)ccc32)cc1. The van der Waals surface area contributed by atoms with E-state index in [4.69, 9.17) is 10.5 Å². The lowest BCUT2D eigenvalue weighted by Crippen LogP contribution is -2.11. The highest BCUT2D eigenvalue weighted by atomic mass is 32.2. The fraction of sp³-hybridized carbons (Fsp3) is 0.0556. The fourth-order valence-electron chi connectivity index (χ4n) is 2.42. The Morgan fingerprint density at radius 1 is 1.08 bits per heavy atom. The van der Waals surface area contributed by atoms with Crippen molar-refractivity contribution >= 4 is 32.3 Å². The minimum Gasteiger partial charge on any atom is -0.276 e. The molecule has 1 N–H and O–H groups in total. The van der Waals surface area contributed by atoms with Gasteiger partial charge in [-0.05, 0) is 43.3 Å². The number of aromatic nitrogens is 1. The summed E-state index contributed by atoms with van der Waals surface area (Å²) < 4.78 is 26.9. The van der Waals surface area contributed by atoms with Crippen molar-refractivity contribution < 1.29 is 8.42 Å². The number of rotatable bonds is 4. The van der Waals surface area contributed by atoms with Gasteiger partial charge in [0.15, 0.2) is 0 Å². The van der Waals surface area contributed by atoms with Crippen LogP contribution in [-0.4, -0.2) is 18.1 Å². The molecule has 0 aliphatic rings. The fourth-order valence-corrected chi connectivity index (χ4v) is 3.77. The van der Waals surface area contributed by atoms with E-state index in [1.807, 2.05) is 6.92 Å². The maximum absolute atomic E-state index is 12.9. The summed E-state index contributed by atoms with van der Waals surface area (Å²) in [5, 5.41) is 21.7. The summed E-state index contributed by atoms with van der Waals surface area (Å²) >= 11 is 0. The van der Waals surface area contributed by atoms with E-state index in [9.17, 15) is 8.42 Å². The van der Waals surface area contributed by atoms with Gasteiger partial charge in [-0.2, -0.15) is 15.6 Å². The molecule has 0 atom stereocenters. The first-order chi connectivity index (χ1) is 12.5. The number of fused-ring (bicyclic) bond motifs is 1. The molecule has 0 saturated heterocycles. The van der Waals surface area contributed by atoms with Crippen molar-refractivity contribution in [3.63, 3.8) is 0 Å². The molecule has 1 aromatic heterocycles. The van der Waals surface area contributed by atoms with Gasteiger partial charge < -0.3 is 0 Å². The summed E-state index contributed by atoms with van der Waals surface area (Å²) in [6, 6.07) is 16.6. The molecule has 0 aliphatic heterocycles. The Morgan fingerprint density at radius 3 is 2.42 bits per heavy atom. The van der Waals surface area contributed by atoms with Crippen LogP contribution in [0.1, 0.15) is 5.56 Å². The number of hydrogen-bond donors (Lipinski definition) is 1. The number of benzene rings is 2. The zero-order chi connectivity index (χ0) is 18.7. The number of hydrogen-bond acceptors (Lipinski definition) is 6. The maximum Gasteiger partial charge on any atom is 0.268 e. The number of anilines is 1. The van der Waals surface area contributed by atoms with Crippen LogP contribution in [0.4, 0.5) is 5.69 Å². The molecule has 0 spiro atoms. The predicted octanol–water partition coefficient (Wildman–Crippen LogP) is 3.00. The minimum atomic E-state index is -3.70. The van der Waals surface area contributed by atoms with Crippen molar-refractivity contribution in [2.45, 2.75) is 11.8 Å². The van der Waals surface area contributed by atoms with Gasteiger partial charge in [0.05, 0.1) is 16.1 Å². The largest absolute Gasteiger partial charge is 0.276 e. The molecule has 0 aliphatic carbocycles. The van der Waals surface area contributed by atoms with Gasteiger partial charge in [-0.1, -0.05) is 17.7 Å². The van der Waals surface area contributed by atoms with Crippen LogP contribution in [0.2, 0.25) is 0 Å². The predicted molar refractivity (Wildman–Crippen MR) is 98.0 cm³/mol. The molecule has 1 heterocycles. The van der Waals surface area contributed by atoms with Crippen LogP contribution in [0, 0.1) is 29.6 Å². The first-order valence-electron chi connectivity index (χ1n) is 7.53. The van der Waals surface area contributed by atoms with Crippen LogP contribution >= 0.6 is 0 Å². The van der Waals surface area contributed by atoms with Crippen molar-refractivity contribution in [1.29, 1.82) is 10.5 Å². The molecule has 8 heteroatoms. The second-order valence-corrected chi connectivity index (χ2v) is 7.31. The van der Waals surface area contributed by atoms with E-state index in [0.717, 1.165) is 5.56 Å². The quantitative estimate of drug-likeness (QED) is 0.566. The first kappa shape index (κ1) is 17.2. The highest BCUT2D eigenvalue weighted by Crippen LogP contribution is 2.25. The molecule has 128 valence electrons. The molecule has 0 saturated carbocycles. The van der Waals surface area contributed by atoms with E-state index < -0.39 is 10.0 Å². The van der Waals surface area contributed by atoms with Crippen molar-refractivity contribution in [2.75, 3.05) is 5.43 Å². The molecule has 0 amide bonds. The Labute approximate surface area is 150 Å². The molecule has 0 fully saturated rings. The Hall–Kier alpha value is -3.62. The van der Waals surface area contributed by atoms with Gasteiger partial charge in [-0.3, -0.25) is 5.43 Å². The number of nitriles is 2. The minimum absolute atomic E-state index is 0.208. The van der Waals surface area contributed by atoms with Gasteiger partial charge in [0.2, 0.25) is 5.71 Å². The van der Waals surface area contributed by atoms with E-state index in [1.165, 1.54) is 10.2 Å². The highest BCUT2D eigenvalue weighted by molar-refractivity contribution is 7.90. The van der Waals surface area contributed by atoms with Gasteiger partial charge in [0.1, 0.15) is 12.1 Å². The summed E-state index contributed by atoms with van der Waals surface area (Å²) in [6.07, 6.45) is 1.49. The Bertz CT molecular complexity index is 1180. The summed E-state index contributed by atoms with van der Waals surface area (Å²) in [7, 11) is -3.70. The van der Waals surface area contributed by atoms with Crippen LogP contribution < -0.4 is 5.43 Å². The monoisotopic (exact) mass is 363 g/mol. The molecule has 3 aromatic rings. The highest BCUT2D eigenvalue weighted by Gasteiger charge is 2.18. The van der Waals surface area contributed by atoms with Gasteiger partial charge in [-0.25, -0.2) is 12.4 Å². The number of nitrogens with zero attached hydrogens (tertiary/aromatic N) is 4. The van der Waals surface area contributed by atoms with Crippen LogP contribution in [0.25, 0.3) is 10.9 Å². The van der Waals surface area contributed by atoms with E-state index in [2.05, 4.69) is 10.5 Å². The molecule has 2 aromatic carbocycles. The van der Waals surface area contributed by atoms with Crippen LogP contribution in [-0.2, 0) is 10.0 Å². The van der Waals surface area contributed by atoms with Crippen molar-refractivity contribution in [1.82, 2.24) is 3.97 Å². The molecule has 0 bridgehead atoms. The number of nitrogens with one attached hydrogen (secondary N) is 1. The third kappa shape index (κ3) is 3.14. The Morgan fingerprint density at radius 2 is 1.77 bits per heavy atom. The lowest BCUT2D eigenvalue weighted by Gasteiger charge is -2.08. The Kier molecular flexibility index (Phi) is 4.44. The average Bonchev–Trinajstić information content (AvgIpc) is 3.07. The molecular formula is C18H13N5O2S. The normalized spacial score (nSPS) is 10.7. The lowest BCUT2D eigenvalue weighted by atomic mass is 10.2. The lowest BCUT2D eigenvalue weighted by molar-refractivity contribution is 0.589. The second-order valence-electron chi connectivity index (χ2n) is 5.50. The molecule has 26 heavy (non-hydrogen) atoms. The van der Waals surface area contributed by atoms with E-state index in [1.54, 1.807) is 60.7 Å². The molecule has 7 nitrogen and oxygen atoms in total. The van der Waals surface area contributed by atoms with Crippen LogP contribution in [0.5, 0.6) is 0 Å². The smallest absolute Gasteiger partial charge is 0.268 e. The van der Waals surface area contributed by atoms with E-state index in [-0.39, 0.29) is 10.6 Å². The van der Waals surface area contributed by atoms with E-state index in [0.29, 0.717) is 16.6 Å². The molecule has 0 unspecified atom stereocenters. The van der Waals surface area contributed by atoms with Crippen molar-refractivity contribution in [2.24, 2.45) is 5.10 Å². The van der Waals surface area contributed by atoms with Gasteiger partial charge in [-0.15, -0.1) is 0 Å².